The highest BCUT2D eigenvalue weighted by molar-refractivity contribution is 5.85. The predicted molar refractivity (Wildman–Crippen MR) is 87.5 cm³/mol. The van der Waals surface area contributed by atoms with E-state index in [-0.39, 0.29) is 12.4 Å². The quantitative estimate of drug-likeness (QED) is 0.572. The van der Waals surface area contributed by atoms with Gasteiger partial charge in [-0.05, 0) is 16.7 Å². The standard InChI is InChI=1S/C19H16.ClH/c1-4-10-16(11-5-1)19(17-12-6-2-7-13-17)18-14-8-3-9-15-18;/h1-15,19H;1H. The van der Waals surface area contributed by atoms with E-state index >= 15 is 0 Å². The SMILES string of the molecule is Cl.c1ccc(C(c2ccccc2)c2ccccc2)cc1. The van der Waals surface area contributed by atoms with E-state index in [2.05, 4.69) is 91.0 Å². The van der Waals surface area contributed by atoms with E-state index in [0.29, 0.717) is 5.92 Å². The molecule has 1 heteroatoms. The fourth-order valence-electron chi connectivity index (χ4n) is 2.51. The average molecular weight is 281 g/mol. The molecule has 0 aliphatic heterocycles. The molecule has 0 amide bonds. The number of rotatable bonds is 3. The van der Waals surface area contributed by atoms with Crippen molar-refractivity contribution in [2.24, 2.45) is 0 Å². The molecule has 0 fully saturated rings. The molecular weight excluding hydrogens is 264 g/mol. The van der Waals surface area contributed by atoms with Crippen molar-refractivity contribution in [3.8, 4) is 0 Å². The van der Waals surface area contributed by atoms with E-state index in [4.69, 9.17) is 0 Å². The van der Waals surface area contributed by atoms with Crippen LogP contribution in [0.4, 0.5) is 0 Å². The molecule has 3 rings (SSSR count). The van der Waals surface area contributed by atoms with E-state index in [1.54, 1.807) is 0 Å². The van der Waals surface area contributed by atoms with E-state index < -0.39 is 0 Å². The first-order chi connectivity index (χ1) is 9.45. The lowest BCUT2D eigenvalue weighted by Gasteiger charge is -2.18. The number of halogens is 1. The van der Waals surface area contributed by atoms with Gasteiger partial charge < -0.3 is 0 Å². The first-order valence-electron chi connectivity index (χ1n) is 6.60. The fraction of sp³-hybridized carbons (Fsp3) is 0.0526. The number of benzene rings is 3. The van der Waals surface area contributed by atoms with Crippen LogP contribution < -0.4 is 0 Å². The van der Waals surface area contributed by atoms with Crippen molar-refractivity contribution < 1.29 is 0 Å². The summed E-state index contributed by atoms with van der Waals surface area (Å²) in [7, 11) is 0. The van der Waals surface area contributed by atoms with Crippen molar-refractivity contribution in [3.63, 3.8) is 0 Å². The zero-order valence-corrected chi connectivity index (χ0v) is 12.0. The van der Waals surface area contributed by atoms with Crippen LogP contribution in [-0.4, -0.2) is 0 Å². The summed E-state index contributed by atoms with van der Waals surface area (Å²) in [5.41, 5.74) is 4.00. The highest BCUT2D eigenvalue weighted by atomic mass is 35.5. The van der Waals surface area contributed by atoms with Gasteiger partial charge in [0.1, 0.15) is 0 Å². The molecule has 0 N–H and O–H groups in total. The minimum Gasteiger partial charge on any atom is -0.147 e. The molecule has 0 radical (unpaired) electrons. The van der Waals surface area contributed by atoms with E-state index in [1.165, 1.54) is 16.7 Å². The highest BCUT2D eigenvalue weighted by Crippen LogP contribution is 2.31. The topological polar surface area (TPSA) is 0 Å². The summed E-state index contributed by atoms with van der Waals surface area (Å²) in [6, 6.07) is 32.0. The Morgan fingerprint density at radius 1 is 0.400 bits per heavy atom. The normalized spacial score (nSPS) is 10.1. The van der Waals surface area contributed by atoms with Crippen LogP contribution >= 0.6 is 12.4 Å². The summed E-state index contributed by atoms with van der Waals surface area (Å²) in [4.78, 5) is 0. The molecule has 0 aliphatic carbocycles. The first-order valence-corrected chi connectivity index (χ1v) is 6.60. The molecule has 0 aromatic heterocycles. The maximum atomic E-state index is 2.20. The van der Waals surface area contributed by atoms with Gasteiger partial charge in [-0.25, -0.2) is 0 Å². The summed E-state index contributed by atoms with van der Waals surface area (Å²) in [6.45, 7) is 0. The van der Waals surface area contributed by atoms with Crippen LogP contribution in [0, 0.1) is 0 Å². The Balaban J connectivity index is 0.00000147. The van der Waals surface area contributed by atoms with Gasteiger partial charge >= 0.3 is 0 Å². The Kier molecular flexibility index (Phi) is 4.97. The van der Waals surface area contributed by atoms with Crippen molar-refractivity contribution in [1.29, 1.82) is 0 Å². The monoisotopic (exact) mass is 280 g/mol. The third-order valence-corrected chi connectivity index (χ3v) is 3.40. The molecular formula is C19H17Cl. The molecule has 0 saturated heterocycles. The average Bonchev–Trinajstić information content (AvgIpc) is 2.51. The molecule has 3 aromatic carbocycles. The van der Waals surface area contributed by atoms with Gasteiger partial charge in [-0.15, -0.1) is 12.4 Å². The lowest BCUT2D eigenvalue weighted by molar-refractivity contribution is 0.977. The Labute approximate surface area is 126 Å². The van der Waals surface area contributed by atoms with Crippen LogP contribution in [0.1, 0.15) is 22.6 Å². The Hall–Kier alpha value is -2.05. The Morgan fingerprint density at radius 2 is 0.650 bits per heavy atom. The van der Waals surface area contributed by atoms with Crippen molar-refractivity contribution in [1.82, 2.24) is 0 Å². The summed E-state index contributed by atoms with van der Waals surface area (Å²) in [6.07, 6.45) is 0. The summed E-state index contributed by atoms with van der Waals surface area (Å²) >= 11 is 0. The van der Waals surface area contributed by atoms with E-state index in [9.17, 15) is 0 Å². The largest absolute Gasteiger partial charge is 0.147 e. The molecule has 0 spiro atoms. The van der Waals surface area contributed by atoms with Gasteiger partial charge in [-0.2, -0.15) is 0 Å². The van der Waals surface area contributed by atoms with Crippen LogP contribution in [-0.2, 0) is 0 Å². The van der Waals surface area contributed by atoms with Crippen LogP contribution in [0.15, 0.2) is 91.0 Å². The van der Waals surface area contributed by atoms with Gasteiger partial charge in [0.2, 0.25) is 0 Å². The molecule has 0 saturated carbocycles. The van der Waals surface area contributed by atoms with Crippen molar-refractivity contribution in [3.05, 3.63) is 108 Å². The minimum atomic E-state index is 0. The Morgan fingerprint density at radius 3 is 0.900 bits per heavy atom. The van der Waals surface area contributed by atoms with Crippen LogP contribution in [0.3, 0.4) is 0 Å². The molecule has 0 bridgehead atoms. The van der Waals surface area contributed by atoms with Gasteiger partial charge in [0, 0.05) is 5.92 Å². The van der Waals surface area contributed by atoms with Crippen LogP contribution in [0.2, 0.25) is 0 Å². The molecule has 20 heavy (non-hydrogen) atoms. The van der Waals surface area contributed by atoms with Crippen molar-refractivity contribution in [2.45, 2.75) is 5.92 Å². The molecule has 0 aliphatic rings. The van der Waals surface area contributed by atoms with Gasteiger partial charge in [0.05, 0.1) is 0 Å². The van der Waals surface area contributed by atoms with Gasteiger partial charge in [0.15, 0.2) is 0 Å². The lowest BCUT2D eigenvalue weighted by atomic mass is 9.85. The second-order valence-electron chi connectivity index (χ2n) is 4.67. The zero-order valence-electron chi connectivity index (χ0n) is 11.1. The van der Waals surface area contributed by atoms with Crippen molar-refractivity contribution in [2.75, 3.05) is 0 Å². The van der Waals surface area contributed by atoms with Crippen LogP contribution in [0.5, 0.6) is 0 Å². The van der Waals surface area contributed by atoms with Crippen LogP contribution in [0.25, 0.3) is 0 Å². The molecule has 0 nitrogen and oxygen atoms in total. The third kappa shape index (κ3) is 3.09. The smallest absolute Gasteiger partial charge is 0.0339 e. The predicted octanol–water partition coefficient (Wildman–Crippen LogP) is 5.29. The molecule has 100 valence electrons. The lowest BCUT2D eigenvalue weighted by Crippen LogP contribution is -2.02. The molecule has 0 unspecified atom stereocenters. The summed E-state index contributed by atoms with van der Waals surface area (Å²) in [5, 5.41) is 0. The summed E-state index contributed by atoms with van der Waals surface area (Å²) < 4.78 is 0. The maximum absolute atomic E-state index is 2.20. The molecule has 0 atom stereocenters. The van der Waals surface area contributed by atoms with Gasteiger partial charge in [-0.3, -0.25) is 0 Å². The number of hydrogen-bond donors (Lipinski definition) is 0. The highest BCUT2D eigenvalue weighted by Gasteiger charge is 2.15. The van der Waals surface area contributed by atoms with Crippen molar-refractivity contribution >= 4 is 12.4 Å². The minimum absolute atomic E-state index is 0. The van der Waals surface area contributed by atoms with Gasteiger partial charge in [-0.1, -0.05) is 91.0 Å². The fourth-order valence-corrected chi connectivity index (χ4v) is 2.51. The first kappa shape index (κ1) is 14.4. The maximum Gasteiger partial charge on any atom is 0.0339 e. The second-order valence-corrected chi connectivity index (χ2v) is 4.67. The zero-order chi connectivity index (χ0) is 12.9. The summed E-state index contributed by atoms with van der Waals surface area (Å²) in [5.74, 6) is 0.309. The van der Waals surface area contributed by atoms with E-state index in [0.717, 1.165) is 0 Å². The molecule has 0 heterocycles. The Bertz CT molecular complexity index is 524. The second kappa shape index (κ2) is 6.93. The number of hydrogen-bond acceptors (Lipinski definition) is 0. The van der Waals surface area contributed by atoms with E-state index in [1.807, 2.05) is 0 Å². The molecule has 3 aromatic rings. The third-order valence-electron chi connectivity index (χ3n) is 3.40. The van der Waals surface area contributed by atoms with Gasteiger partial charge in [0.25, 0.3) is 0 Å².